The van der Waals surface area contributed by atoms with Gasteiger partial charge in [0.05, 0.1) is 0 Å². The van der Waals surface area contributed by atoms with E-state index in [-0.39, 0.29) is 0 Å². The van der Waals surface area contributed by atoms with Crippen molar-refractivity contribution in [1.82, 2.24) is 0 Å². The topological polar surface area (TPSA) is 0 Å². The van der Waals surface area contributed by atoms with Gasteiger partial charge >= 0.3 is 0 Å². The van der Waals surface area contributed by atoms with Crippen molar-refractivity contribution in [3.8, 4) is 33.4 Å². The molecule has 0 heterocycles. The highest BCUT2D eigenvalue weighted by atomic mass is 14.2. The average Bonchev–Trinajstić information content (AvgIpc) is 3.04. The molecule has 0 saturated carbocycles. The molecule has 0 nitrogen and oxygen atoms in total. The third-order valence-electron chi connectivity index (χ3n) is 8.27. The van der Waals surface area contributed by atoms with Crippen LogP contribution >= 0.6 is 0 Å². The van der Waals surface area contributed by atoms with Crippen LogP contribution in [0.5, 0.6) is 0 Å². The van der Waals surface area contributed by atoms with Crippen LogP contribution in [0.25, 0.3) is 76.5 Å². The molecule has 8 rings (SSSR count). The Balaban J connectivity index is 1.58. The van der Waals surface area contributed by atoms with Crippen molar-refractivity contribution in [1.29, 1.82) is 0 Å². The molecule has 0 aliphatic rings. The maximum Gasteiger partial charge on any atom is -0.00201 e. The van der Waals surface area contributed by atoms with Crippen LogP contribution < -0.4 is 0 Å². The van der Waals surface area contributed by atoms with Gasteiger partial charge < -0.3 is 0 Å². The summed E-state index contributed by atoms with van der Waals surface area (Å²) in [5, 5.41) is 10.2. The van der Waals surface area contributed by atoms with Gasteiger partial charge in [-0.15, -0.1) is 0 Å². The first-order valence-electron chi connectivity index (χ1n) is 13.9. The van der Waals surface area contributed by atoms with E-state index in [0.29, 0.717) is 0 Å². The summed E-state index contributed by atoms with van der Waals surface area (Å²) in [6, 6.07) is 57.6. The Morgan fingerprint density at radius 3 is 1.55 bits per heavy atom. The first-order chi connectivity index (χ1) is 19.9. The molecule has 0 spiro atoms. The molecule has 0 saturated heterocycles. The molecule has 8 aromatic carbocycles. The molecular formula is C40H26. The van der Waals surface area contributed by atoms with Gasteiger partial charge in [-0.2, -0.15) is 0 Å². The number of rotatable bonds is 3. The van der Waals surface area contributed by atoms with Gasteiger partial charge in [0.25, 0.3) is 0 Å². The van der Waals surface area contributed by atoms with Gasteiger partial charge in [-0.1, -0.05) is 158 Å². The van der Waals surface area contributed by atoms with Crippen LogP contribution in [0.4, 0.5) is 0 Å². The van der Waals surface area contributed by atoms with Gasteiger partial charge in [-0.05, 0) is 76.5 Å². The van der Waals surface area contributed by atoms with Crippen LogP contribution in [0, 0.1) is 0 Å². The summed E-state index contributed by atoms with van der Waals surface area (Å²) in [6.07, 6.45) is 0. The third kappa shape index (κ3) is 3.54. The zero-order valence-electron chi connectivity index (χ0n) is 22.0. The van der Waals surface area contributed by atoms with E-state index >= 15 is 0 Å². The molecule has 0 aliphatic carbocycles. The predicted octanol–water partition coefficient (Wildman–Crippen LogP) is 11.3. The molecule has 0 fully saturated rings. The molecule has 0 heteroatoms. The van der Waals surface area contributed by atoms with E-state index in [2.05, 4.69) is 158 Å². The van der Waals surface area contributed by atoms with Gasteiger partial charge in [0, 0.05) is 0 Å². The zero-order valence-corrected chi connectivity index (χ0v) is 22.0. The Morgan fingerprint density at radius 1 is 0.225 bits per heavy atom. The maximum absolute atomic E-state index is 2.34. The summed E-state index contributed by atoms with van der Waals surface area (Å²) in [7, 11) is 0. The Hall–Kier alpha value is -5.20. The SMILES string of the molecule is c1ccc(-c2ccc3c(ccc4ccccc43)c2-c2ccc3ccccc3c2-c2cccc3ccccc23)cc1. The maximum atomic E-state index is 2.34. The van der Waals surface area contributed by atoms with Crippen molar-refractivity contribution < 1.29 is 0 Å². The molecule has 0 amide bonds. The minimum atomic E-state index is 1.23. The van der Waals surface area contributed by atoms with Crippen molar-refractivity contribution >= 4 is 43.1 Å². The zero-order chi connectivity index (χ0) is 26.5. The standard InChI is InChI=1S/C40H26/c1-2-11-28(12-3-1)34-25-26-35-31-17-7-5-14-29(31)21-23-37(35)40(34)38-24-22-30-15-6-9-19-33(30)39(38)36-20-10-16-27-13-4-8-18-32(27)36/h1-26H. The lowest BCUT2D eigenvalue weighted by atomic mass is 9.82. The fraction of sp³-hybridized carbons (Fsp3) is 0. The molecular weight excluding hydrogens is 480 g/mol. The largest absolute Gasteiger partial charge is 0.0622 e. The van der Waals surface area contributed by atoms with Crippen LogP contribution in [0.1, 0.15) is 0 Å². The van der Waals surface area contributed by atoms with Gasteiger partial charge in [-0.3, -0.25) is 0 Å². The van der Waals surface area contributed by atoms with Crippen molar-refractivity contribution in [2.24, 2.45) is 0 Å². The summed E-state index contributed by atoms with van der Waals surface area (Å²) in [6.45, 7) is 0. The van der Waals surface area contributed by atoms with Crippen LogP contribution in [0.15, 0.2) is 158 Å². The Kier molecular flexibility index (Phi) is 5.24. The van der Waals surface area contributed by atoms with Crippen LogP contribution in [-0.2, 0) is 0 Å². The van der Waals surface area contributed by atoms with Crippen molar-refractivity contribution in [2.75, 3.05) is 0 Å². The van der Waals surface area contributed by atoms with E-state index < -0.39 is 0 Å². The fourth-order valence-corrected chi connectivity index (χ4v) is 6.45. The van der Waals surface area contributed by atoms with Gasteiger partial charge in [0.2, 0.25) is 0 Å². The molecule has 0 atom stereocenters. The van der Waals surface area contributed by atoms with E-state index in [1.807, 2.05) is 0 Å². The summed E-state index contributed by atoms with van der Waals surface area (Å²) in [5.41, 5.74) is 7.57. The van der Waals surface area contributed by atoms with E-state index in [0.717, 1.165) is 0 Å². The Bertz CT molecular complexity index is 2200. The fourth-order valence-electron chi connectivity index (χ4n) is 6.45. The lowest BCUT2D eigenvalue weighted by Gasteiger charge is -2.21. The van der Waals surface area contributed by atoms with Gasteiger partial charge in [0.15, 0.2) is 0 Å². The molecule has 0 aromatic heterocycles. The van der Waals surface area contributed by atoms with Gasteiger partial charge in [-0.25, -0.2) is 0 Å². The number of fused-ring (bicyclic) bond motifs is 5. The van der Waals surface area contributed by atoms with Crippen LogP contribution in [0.2, 0.25) is 0 Å². The molecule has 0 N–H and O–H groups in total. The van der Waals surface area contributed by atoms with Crippen molar-refractivity contribution in [3.05, 3.63) is 158 Å². The average molecular weight is 507 g/mol. The lowest BCUT2D eigenvalue weighted by Crippen LogP contribution is -1.94. The van der Waals surface area contributed by atoms with Crippen molar-refractivity contribution in [2.45, 2.75) is 0 Å². The highest BCUT2D eigenvalue weighted by molar-refractivity contribution is 6.19. The second kappa shape index (κ2) is 9.22. The van der Waals surface area contributed by atoms with Gasteiger partial charge in [0.1, 0.15) is 0 Å². The molecule has 40 heavy (non-hydrogen) atoms. The number of benzene rings is 8. The predicted molar refractivity (Wildman–Crippen MR) is 173 cm³/mol. The first kappa shape index (κ1) is 22.8. The van der Waals surface area contributed by atoms with E-state index in [4.69, 9.17) is 0 Å². The Labute approximate surface area is 233 Å². The molecule has 0 aliphatic heterocycles. The van der Waals surface area contributed by atoms with E-state index in [1.165, 1.54) is 76.5 Å². The molecule has 0 unspecified atom stereocenters. The number of hydrogen-bond donors (Lipinski definition) is 0. The van der Waals surface area contributed by atoms with Crippen LogP contribution in [-0.4, -0.2) is 0 Å². The minimum Gasteiger partial charge on any atom is -0.0622 e. The molecule has 186 valence electrons. The molecule has 0 bridgehead atoms. The van der Waals surface area contributed by atoms with E-state index in [1.54, 1.807) is 0 Å². The van der Waals surface area contributed by atoms with Crippen LogP contribution in [0.3, 0.4) is 0 Å². The summed E-state index contributed by atoms with van der Waals surface area (Å²) in [4.78, 5) is 0. The lowest BCUT2D eigenvalue weighted by molar-refractivity contribution is 1.61. The first-order valence-corrected chi connectivity index (χ1v) is 13.9. The smallest absolute Gasteiger partial charge is 0.00201 e. The quantitative estimate of drug-likeness (QED) is 0.209. The second-order valence-electron chi connectivity index (χ2n) is 10.5. The van der Waals surface area contributed by atoms with Crippen molar-refractivity contribution in [3.63, 3.8) is 0 Å². The molecule has 0 radical (unpaired) electrons. The minimum absolute atomic E-state index is 1.23. The highest BCUT2D eigenvalue weighted by Crippen LogP contribution is 2.47. The molecule has 8 aromatic rings. The summed E-state index contributed by atoms with van der Waals surface area (Å²) in [5.74, 6) is 0. The highest BCUT2D eigenvalue weighted by Gasteiger charge is 2.20. The second-order valence-corrected chi connectivity index (χ2v) is 10.5. The third-order valence-corrected chi connectivity index (χ3v) is 8.27. The number of hydrogen-bond acceptors (Lipinski definition) is 0. The normalized spacial score (nSPS) is 11.5. The summed E-state index contributed by atoms with van der Waals surface area (Å²) >= 11 is 0. The summed E-state index contributed by atoms with van der Waals surface area (Å²) < 4.78 is 0. The Morgan fingerprint density at radius 2 is 0.750 bits per heavy atom. The van der Waals surface area contributed by atoms with E-state index in [9.17, 15) is 0 Å². The monoisotopic (exact) mass is 506 g/mol.